The number of anilines is 1. The number of aromatic carboxylic acids is 1. The van der Waals surface area contributed by atoms with Gasteiger partial charge in [-0.15, -0.1) is 0 Å². The average Bonchev–Trinajstić information content (AvgIpc) is 2.46. The number of nitrogens with one attached hydrogen (secondary N) is 1. The smallest absolute Gasteiger partial charge is 0.335 e. The second kappa shape index (κ2) is 6.95. The van der Waals surface area contributed by atoms with Crippen molar-refractivity contribution < 1.29 is 19.0 Å². The molecule has 0 fully saturated rings. The van der Waals surface area contributed by atoms with Gasteiger partial charge in [-0.05, 0) is 42.5 Å². The number of carboxylic acids is 1. The Hall–Kier alpha value is -2.27. The van der Waals surface area contributed by atoms with Crippen LogP contribution in [-0.2, 0) is 0 Å². The van der Waals surface area contributed by atoms with E-state index in [1.807, 2.05) is 0 Å². The minimum Gasteiger partial charge on any atom is -0.492 e. The van der Waals surface area contributed by atoms with Gasteiger partial charge in [0.2, 0.25) is 0 Å². The van der Waals surface area contributed by atoms with E-state index in [-0.39, 0.29) is 5.56 Å². The third-order valence-corrected chi connectivity index (χ3v) is 2.95. The zero-order chi connectivity index (χ0) is 15.2. The van der Waals surface area contributed by atoms with Crippen molar-refractivity contribution in [3.8, 4) is 5.75 Å². The molecule has 0 aliphatic carbocycles. The number of carboxylic acid groups (broad SMARTS) is 1. The molecule has 2 aromatic carbocycles. The molecule has 0 saturated carbocycles. The van der Waals surface area contributed by atoms with Crippen molar-refractivity contribution in [2.24, 2.45) is 0 Å². The zero-order valence-electron chi connectivity index (χ0n) is 11.0. The van der Waals surface area contributed by atoms with Gasteiger partial charge in [0.05, 0.1) is 11.3 Å². The van der Waals surface area contributed by atoms with E-state index in [1.54, 1.807) is 24.3 Å². The molecule has 0 aliphatic rings. The van der Waals surface area contributed by atoms with E-state index in [2.05, 4.69) is 5.32 Å². The summed E-state index contributed by atoms with van der Waals surface area (Å²) < 4.78 is 18.9. The molecule has 0 aliphatic heterocycles. The van der Waals surface area contributed by atoms with Crippen LogP contribution in [0.15, 0.2) is 42.5 Å². The summed E-state index contributed by atoms with van der Waals surface area (Å²) >= 11 is 5.66. The maximum Gasteiger partial charge on any atom is 0.335 e. The van der Waals surface area contributed by atoms with Gasteiger partial charge >= 0.3 is 5.97 Å². The van der Waals surface area contributed by atoms with Gasteiger partial charge in [-0.3, -0.25) is 0 Å². The second-order valence-electron chi connectivity index (χ2n) is 4.23. The quantitative estimate of drug-likeness (QED) is 0.799. The molecule has 4 nitrogen and oxygen atoms in total. The van der Waals surface area contributed by atoms with Gasteiger partial charge in [-0.25, -0.2) is 9.18 Å². The minimum absolute atomic E-state index is 0.198. The van der Waals surface area contributed by atoms with Crippen LogP contribution in [0, 0.1) is 5.82 Å². The first-order chi connectivity index (χ1) is 10.1. The lowest BCUT2D eigenvalue weighted by molar-refractivity contribution is 0.0697. The Morgan fingerprint density at radius 1 is 1.24 bits per heavy atom. The first-order valence-electron chi connectivity index (χ1n) is 6.21. The lowest BCUT2D eigenvalue weighted by Gasteiger charge is -2.09. The van der Waals surface area contributed by atoms with Crippen LogP contribution in [0.3, 0.4) is 0 Å². The fourth-order valence-corrected chi connectivity index (χ4v) is 1.84. The lowest BCUT2D eigenvalue weighted by Crippen LogP contribution is -2.12. The third-order valence-electron chi connectivity index (χ3n) is 2.72. The molecule has 0 atom stereocenters. The van der Waals surface area contributed by atoms with Crippen molar-refractivity contribution in [2.45, 2.75) is 0 Å². The molecule has 0 aromatic heterocycles. The average molecular weight is 310 g/mol. The molecule has 0 unspecified atom stereocenters. The predicted molar refractivity (Wildman–Crippen MR) is 78.8 cm³/mol. The van der Waals surface area contributed by atoms with Crippen LogP contribution in [0.2, 0.25) is 5.02 Å². The van der Waals surface area contributed by atoms with Gasteiger partial charge < -0.3 is 15.2 Å². The maximum absolute atomic E-state index is 13.5. The summed E-state index contributed by atoms with van der Waals surface area (Å²) in [5.74, 6) is -0.854. The number of benzene rings is 2. The van der Waals surface area contributed by atoms with Gasteiger partial charge in [-0.2, -0.15) is 0 Å². The molecular formula is C15H13ClFNO3. The van der Waals surface area contributed by atoms with Crippen molar-refractivity contribution in [1.82, 2.24) is 0 Å². The van der Waals surface area contributed by atoms with Gasteiger partial charge in [0.15, 0.2) is 0 Å². The van der Waals surface area contributed by atoms with E-state index in [0.29, 0.717) is 29.6 Å². The fraction of sp³-hybridized carbons (Fsp3) is 0.133. The Bertz CT molecular complexity index is 631. The summed E-state index contributed by atoms with van der Waals surface area (Å²) in [5.41, 5.74) is 0.549. The lowest BCUT2D eigenvalue weighted by atomic mass is 10.2. The summed E-state index contributed by atoms with van der Waals surface area (Å²) in [7, 11) is 0. The molecule has 0 heterocycles. The van der Waals surface area contributed by atoms with Crippen LogP contribution in [-0.4, -0.2) is 24.2 Å². The number of halogens is 2. The van der Waals surface area contributed by atoms with Crippen molar-refractivity contribution >= 4 is 23.3 Å². The number of hydrogen-bond acceptors (Lipinski definition) is 3. The van der Waals surface area contributed by atoms with Gasteiger partial charge in [0.1, 0.15) is 18.2 Å². The molecule has 110 valence electrons. The molecular weight excluding hydrogens is 297 g/mol. The van der Waals surface area contributed by atoms with Crippen LogP contribution in [0.1, 0.15) is 10.4 Å². The van der Waals surface area contributed by atoms with Crippen molar-refractivity contribution in [2.75, 3.05) is 18.5 Å². The van der Waals surface area contributed by atoms with Crippen LogP contribution >= 0.6 is 11.6 Å². The van der Waals surface area contributed by atoms with Crippen LogP contribution in [0.4, 0.5) is 10.1 Å². The predicted octanol–water partition coefficient (Wildman–Crippen LogP) is 3.67. The highest BCUT2D eigenvalue weighted by molar-refractivity contribution is 6.30. The van der Waals surface area contributed by atoms with E-state index in [1.165, 1.54) is 18.2 Å². The number of hydrogen-bond donors (Lipinski definition) is 2. The Morgan fingerprint density at radius 3 is 2.57 bits per heavy atom. The van der Waals surface area contributed by atoms with Gasteiger partial charge in [-0.1, -0.05) is 11.6 Å². The molecule has 2 rings (SSSR count). The molecule has 0 radical (unpaired) electrons. The fourth-order valence-electron chi connectivity index (χ4n) is 1.68. The minimum atomic E-state index is -0.985. The standard InChI is InChI=1S/C15H13ClFNO3/c16-11-3-6-14(13(17)9-11)18-7-8-21-12-4-1-10(2-5-12)15(19)20/h1-6,9,18H,7-8H2,(H,19,20). The highest BCUT2D eigenvalue weighted by atomic mass is 35.5. The largest absolute Gasteiger partial charge is 0.492 e. The van der Waals surface area contributed by atoms with Crippen LogP contribution < -0.4 is 10.1 Å². The first-order valence-corrected chi connectivity index (χ1v) is 6.59. The Kier molecular flexibility index (Phi) is 5.00. The van der Waals surface area contributed by atoms with Crippen LogP contribution in [0.25, 0.3) is 0 Å². The van der Waals surface area contributed by atoms with E-state index in [4.69, 9.17) is 21.4 Å². The van der Waals surface area contributed by atoms with E-state index in [9.17, 15) is 9.18 Å². The summed E-state index contributed by atoms with van der Waals surface area (Å²) in [6.45, 7) is 0.716. The zero-order valence-corrected chi connectivity index (χ0v) is 11.7. The summed E-state index contributed by atoms with van der Waals surface area (Å²) in [6.07, 6.45) is 0. The second-order valence-corrected chi connectivity index (χ2v) is 4.67. The van der Waals surface area contributed by atoms with Crippen LogP contribution in [0.5, 0.6) is 5.75 Å². The Balaban J connectivity index is 1.80. The van der Waals surface area contributed by atoms with Crippen molar-refractivity contribution in [1.29, 1.82) is 0 Å². The molecule has 0 spiro atoms. The highest BCUT2D eigenvalue weighted by Crippen LogP contribution is 2.18. The molecule has 2 N–H and O–H groups in total. The molecule has 0 saturated heterocycles. The maximum atomic E-state index is 13.5. The van der Waals surface area contributed by atoms with E-state index >= 15 is 0 Å². The summed E-state index contributed by atoms with van der Waals surface area (Å²) in [4.78, 5) is 10.7. The van der Waals surface area contributed by atoms with E-state index < -0.39 is 11.8 Å². The topological polar surface area (TPSA) is 58.6 Å². The molecule has 0 amide bonds. The monoisotopic (exact) mass is 309 g/mol. The SMILES string of the molecule is O=C(O)c1ccc(OCCNc2ccc(Cl)cc2F)cc1. The molecule has 2 aromatic rings. The number of ether oxygens (including phenoxy) is 1. The number of carbonyl (C=O) groups is 1. The molecule has 6 heteroatoms. The number of rotatable bonds is 6. The van der Waals surface area contributed by atoms with Crippen molar-refractivity contribution in [3.05, 3.63) is 58.9 Å². The van der Waals surface area contributed by atoms with Gasteiger partial charge in [0, 0.05) is 11.6 Å². The highest BCUT2D eigenvalue weighted by Gasteiger charge is 2.03. The molecule has 0 bridgehead atoms. The third kappa shape index (κ3) is 4.36. The molecule has 21 heavy (non-hydrogen) atoms. The van der Waals surface area contributed by atoms with Gasteiger partial charge in [0.25, 0.3) is 0 Å². The Morgan fingerprint density at radius 2 is 1.95 bits per heavy atom. The Labute approximate surface area is 126 Å². The van der Waals surface area contributed by atoms with Crippen molar-refractivity contribution in [3.63, 3.8) is 0 Å². The normalized spacial score (nSPS) is 10.2. The van der Waals surface area contributed by atoms with E-state index in [0.717, 1.165) is 0 Å². The first kappa shape index (κ1) is 15.1. The summed E-state index contributed by atoms with van der Waals surface area (Å²) in [5, 5.41) is 12.0. The summed E-state index contributed by atoms with van der Waals surface area (Å²) in [6, 6.07) is 10.5.